The van der Waals surface area contributed by atoms with Crippen LogP contribution in [0.4, 0.5) is 0 Å². The van der Waals surface area contributed by atoms with Crippen molar-refractivity contribution in [2.45, 2.75) is 32.9 Å². The monoisotopic (exact) mass is 253 g/mol. The summed E-state index contributed by atoms with van der Waals surface area (Å²) in [5.41, 5.74) is 3.61. The van der Waals surface area contributed by atoms with Crippen molar-refractivity contribution in [1.82, 2.24) is 0 Å². The van der Waals surface area contributed by atoms with E-state index in [-0.39, 0.29) is 5.78 Å². The summed E-state index contributed by atoms with van der Waals surface area (Å²) in [7, 11) is 2.28. The van der Waals surface area contributed by atoms with Crippen molar-refractivity contribution in [3.8, 4) is 0 Å². The van der Waals surface area contributed by atoms with Crippen LogP contribution in [0.15, 0.2) is 12.1 Å². The van der Waals surface area contributed by atoms with Crippen molar-refractivity contribution < 1.29 is 14.6 Å². The number of benzene rings is 1. The number of aliphatic hydroxyl groups is 1. The van der Waals surface area contributed by atoms with Gasteiger partial charge in [-0.15, -0.1) is 0 Å². The fourth-order valence-electron chi connectivity index (χ4n) is 1.94. The molecule has 1 aromatic carbocycles. The van der Waals surface area contributed by atoms with Gasteiger partial charge in [0.05, 0.1) is 0 Å². The molecule has 0 amide bonds. The van der Waals surface area contributed by atoms with E-state index in [9.17, 15) is 4.79 Å². The third-order valence-electron chi connectivity index (χ3n) is 2.49. The highest BCUT2D eigenvalue weighted by Crippen LogP contribution is 2.21. The molecule has 0 spiro atoms. The molecule has 0 aromatic heterocycles. The average Bonchev–Trinajstić information content (AvgIpc) is 2.14. The van der Waals surface area contributed by atoms with Crippen molar-refractivity contribution in [3.05, 3.63) is 41.3 Å². The van der Waals surface area contributed by atoms with Crippen LogP contribution in [0, 0.1) is 27.7 Å². The van der Waals surface area contributed by atoms with Crippen LogP contribution in [-0.4, -0.2) is 23.0 Å². The van der Waals surface area contributed by atoms with Crippen LogP contribution in [0.25, 0.3) is 0 Å². The Kier molecular flexibility index (Phi) is 4.81. The Balaban J connectivity index is 3.04. The maximum absolute atomic E-state index is 12.1. The van der Waals surface area contributed by atoms with E-state index in [1.165, 1.54) is 0 Å². The summed E-state index contributed by atoms with van der Waals surface area (Å²) in [6.07, 6.45) is -1.20. The normalized spacial score (nSPS) is 14.5. The zero-order chi connectivity index (χ0) is 13.2. The van der Waals surface area contributed by atoms with Crippen LogP contribution in [-0.2, 0) is 4.74 Å². The number of rotatable bonds is 4. The molecule has 0 saturated heterocycles. The van der Waals surface area contributed by atoms with Crippen LogP contribution in [0.5, 0.6) is 0 Å². The van der Waals surface area contributed by atoms with Crippen molar-refractivity contribution >= 4 is 15.0 Å². The van der Waals surface area contributed by atoms with Gasteiger partial charge in [-0.1, -0.05) is 26.9 Å². The molecule has 3 nitrogen and oxygen atoms in total. The topological polar surface area (TPSA) is 46.5 Å². The van der Waals surface area contributed by atoms with Crippen LogP contribution in [0.1, 0.15) is 27.0 Å². The fourth-order valence-corrected chi connectivity index (χ4v) is 2.29. The second-order valence-electron chi connectivity index (χ2n) is 4.15. The van der Waals surface area contributed by atoms with E-state index in [2.05, 4.69) is 16.2 Å². The molecule has 0 aliphatic carbocycles. The number of ketones is 1. The number of aryl methyl sites for hydroxylation is 3. The van der Waals surface area contributed by atoms with Crippen LogP contribution in [0.3, 0.4) is 0 Å². The van der Waals surface area contributed by atoms with Gasteiger partial charge in [-0.2, -0.15) is 0 Å². The zero-order valence-corrected chi connectivity index (χ0v) is 11.5. The van der Waals surface area contributed by atoms with Crippen LogP contribution in [0.2, 0.25) is 0 Å². The van der Waals surface area contributed by atoms with Crippen molar-refractivity contribution in [2.24, 2.45) is 0 Å². The second-order valence-corrected chi connectivity index (χ2v) is 4.75. The molecule has 3 atom stereocenters. The van der Waals surface area contributed by atoms with Gasteiger partial charge in [0.1, 0.15) is 5.85 Å². The molecule has 0 fully saturated rings. The van der Waals surface area contributed by atoms with Gasteiger partial charge in [0, 0.05) is 12.5 Å². The summed E-state index contributed by atoms with van der Waals surface area (Å²) in [6.45, 7) is 9.06. The maximum atomic E-state index is 12.1. The molecular formula is C13H18O3P. The number of Topliss-reactive ketones (excluding diaryl/α,β-unsaturated/α-hetero) is 1. The van der Waals surface area contributed by atoms with E-state index in [4.69, 9.17) is 9.84 Å². The molecule has 4 heteroatoms. The lowest BCUT2D eigenvalue weighted by Crippen LogP contribution is -2.24. The van der Waals surface area contributed by atoms with Gasteiger partial charge in [0.15, 0.2) is 12.1 Å². The van der Waals surface area contributed by atoms with Crippen molar-refractivity contribution in [2.75, 3.05) is 0 Å². The molecule has 3 unspecified atom stereocenters. The molecule has 0 saturated carbocycles. The highest BCUT2D eigenvalue weighted by molar-refractivity contribution is 7.19. The van der Waals surface area contributed by atoms with Gasteiger partial charge < -0.3 is 9.84 Å². The average molecular weight is 253 g/mol. The summed E-state index contributed by atoms with van der Waals surface area (Å²) < 4.78 is 4.96. The highest BCUT2D eigenvalue weighted by Gasteiger charge is 2.21. The minimum absolute atomic E-state index is 0.160. The first-order valence-corrected chi connectivity index (χ1v) is 6.04. The van der Waals surface area contributed by atoms with E-state index in [0.717, 1.165) is 16.7 Å². The minimum Gasteiger partial charge on any atom is -0.368 e. The van der Waals surface area contributed by atoms with Crippen LogP contribution >= 0.6 is 9.24 Å². The van der Waals surface area contributed by atoms with Gasteiger partial charge in [0.25, 0.3) is 0 Å². The molecule has 17 heavy (non-hydrogen) atoms. The van der Waals surface area contributed by atoms with Crippen molar-refractivity contribution in [1.29, 1.82) is 0 Å². The first-order chi connectivity index (χ1) is 7.82. The van der Waals surface area contributed by atoms with E-state index in [1.54, 1.807) is 0 Å². The number of aliphatic hydroxyl groups excluding tert-OH is 1. The lowest BCUT2D eigenvalue weighted by atomic mass is 9.97. The number of carbonyl (C=O) groups is 1. The summed E-state index contributed by atoms with van der Waals surface area (Å²) in [4.78, 5) is 12.1. The van der Waals surface area contributed by atoms with Gasteiger partial charge in [0.2, 0.25) is 0 Å². The lowest BCUT2D eigenvalue weighted by Gasteiger charge is -2.17. The smallest absolute Gasteiger partial charge is 0.195 e. The Bertz CT molecular complexity index is 404. The zero-order valence-electron chi connectivity index (χ0n) is 10.4. The maximum Gasteiger partial charge on any atom is 0.195 e. The third-order valence-corrected chi connectivity index (χ3v) is 2.95. The number of hydrogen-bond donors (Lipinski definition) is 1. The minimum atomic E-state index is -1.20. The van der Waals surface area contributed by atoms with E-state index in [0.29, 0.717) is 5.56 Å². The fraction of sp³-hybridized carbons (Fsp3) is 0.385. The van der Waals surface area contributed by atoms with Gasteiger partial charge in [-0.3, -0.25) is 4.79 Å². The molecule has 0 bridgehead atoms. The Hall–Kier alpha value is -0.760. The molecule has 93 valence electrons. The molecule has 1 aromatic rings. The standard InChI is InChI=1S/C13H18O3P/c1-7-5-8(2)11(9(3)6-7)12(15)13(17)16-10(4)14/h5-6,10,13-14H,4,17H2,1-3H3. The van der Waals surface area contributed by atoms with E-state index < -0.39 is 12.1 Å². The summed E-state index contributed by atoms with van der Waals surface area (Å²) >= 11 is 0. The predicted molar refractivity (Wildman–Crippen MR) is 70.9 cm³/mol. The second kappa shape index (κ2) is 5.72. The Morgan fingerprint density at radius 2 is 1.82 bits per heavy atom. The Morgan fingerprint density at radius 3 is 2.24 bits per heavy atom. The van der Waals surface area contributed by atoms with E-state index >= 15 is 0 Å². The molecule has 1 N–H and O–H groups in total. The molecule has 0 aliphatic rings. The molecule has 1 radical (unpaired) electrons. The highest BCUT2D eigenvalue weighted by atomic mass is 31.0. The number of carbonyl (C=O) groups excluding carboxylic acids is 1. The Morgan fingerprint density at radius 1 is 1.35 bits per heavy atom. The lowest BCUT2D eigenvalue weighted by molar-refractivity contribution is -0.0687. The van der Waals surface area contributed by atoms with E-state index in [1.807, 2.05) is 32.9 Å². The Labute approximate surface area is 104 Å². The molecule has 0 aliphatic heterocycles. The summed E-state index contributed by atoms with van der Waals surface area (Å²) in [5.74, 6) is -0.935. The largest absolute Gasteiger partial charge is 0.368 e. The third kappa shape index (κ3) is 3.60. The molecule has 0 heterocycles. The summed E-state index contributed by atoms with van der Waals surface area (Å²) in [6, 6.07) is 3.91. The SMILES string of the molecule is [CH2]C(O)OC(P)C(=O)c1c(C)cc(C)cc1C. The summed E-state index contributed by atoms with van der Waals surface area (Å²) in [5, 5.41) is 9.00. The number of ether oxygens (including phenoxy) is 1. The molecular weight excluding hydrogens is 235 g/mol. The first kappa shape index (κ1) is 14.3. The predicted octanol–water partition coefficient (Wildman–Crippen LogP) is 2.16. The van der Waals surface area contributed by atoms with Crippen LogP contribution < -0.4 is 0 Å². The quantitative estimate of drug-likeness (QED) is 0.508. The van der Waals surface area contributed by atoms with Crippen molar-refractivity contribution in [3.63, 3.8) is 0 Å². The first-order valence-electron chi connectivity index (χ1n) is 5.37. The molecule has 1 rings (SSSR count). The van der Waals surface area contributed by atoms with Gasteiger partial charge in [-0.05, 0) is 31.9 Å². The van der Waals surface area contributed by atoms with Gasteiger partial charge in [-0.25, -0.2) is 0 Å². The number of hydrogen-bond acceptors (Lipinski definition) is 3. The van der Waals surface area contributed by atoms with Gasteiger partial charge >= 0.3 is 0 Å².